The number of rotatable bonds is 5. The smallest absolute Gasteiger partial charge is 0.239 e. The first-order valence-electron chi connectivity index (χ1n) is 5.75. The van der Waals surface area contributed by atoms with Crippen LogP contribution in [0.15, 0.2) is 18.2 Å². The molecule has 19 heavy (non-hydrogen) atoms. The number of anilines is 2. The maximum absolute atomic E-state index is 11.7. The predicted octanol–water partition coefficient (Wildman–Crippen LogP) is 1.93. The fraction of sp³-hybridized carbons (Fsp3) is 0.417. The lowest BCUT2D eigenvalue weighted by molar-refractivity contribution is -0.113. The third-order valence-electron chi connectivity index (χ3n) is 2.23. The summed E-state index contributed by atoms with van der Waals surface area (Å²) in [6, 6.07) is 4.60. The number of hydrogen-bond acceptors (Lipinski definition) is 4. The van der Waals surface area contributed by atoms with E-state index in [9.17, 15) is 13.2 Å². The highest BCUT2D eigenvalue weighted by molar-refractivity contribution is 7.92. The molecule has 0 aliphatic heterocycles. The quantitative estimate of drug-likeness (QED) is 0.813. The van der Waals surface area contributed by atoms with E-state index in [1.807, 2.05) is 0 Å². The van der Waals surface area contributed by atoms with Crippen molar-refractivity contribution in [2.24, 2.45) is 5.92 Å². The van der Waals surface area contributed by atoms with Gasteiger partial charge in [0.2, 0.25) is 5.91 Å². The summed E-state index contributed by atoms with van der Waals surface area (Å²) in [6.07, 6.45) is 0. The summed E-state index contributed by atoms with van der Waals surface area (Å²) in [5.41, 5.74) is 6.31. The summed E-state index contributed by atoms with van der Waals surface area (Å²) in [5, 5.41) is 2.86. The fourth-order valence-electron chi connectivity index (χ4n) is 1.59. The first kappa shape index (κ1) is 15.8. The van der Waals surface area contributed by atoms with Gasteiger partial charge in [0.1, 0.15) is 5.75 Å². The molecule has 0 unspecified atom stereocenters. The second-order valence-corrected chi connectivity index (χ2v) is 7.27. The molecule has 0 atom stereocenters. The number of nitrogens with two attached hydrogens (primary N) is 1. The lowest BCUT2D eigenvalue weighted by Gasteiger charge is -2.10. The molecule has 0 saturated carbocycles. The Morgan fingerprint density at radius 1 is 1.42 bits per heavy atom. The van der Waals surface area contributed by atoms with Crippen molar-refractivity contribution < 1.29 is 13.2 Å². The van der Waals surface area contributed by atoms with Crippen molar-refractivity contribution in [2.75, 3.05) is 22.6 Å². The lowest BCUT2D eigenvalue weighted by atomic mass is 10.2. The van der Waals surface area contributed by atoms with E-state index in [0.29, 0.717) is 16.4 Å². The average Bonchev–Trinajstić information content (AvgIpc) is 2.20. The second kappa shape index (κ2) is 6.25. The molecule has 5 nitrogen and oxygen atoms in total. The van der Waals surface area contributed by atoms with Crippen molar-refractivity contribution in [3.05, 3.63) is 23.2 Å². The molecule has 0 bridgehead atoms. The minimum absolute atomic E-state index is 0.0194. The van der Waals surface area contributed by atoms with Gasteiger partial charge >= 0.3 is 0 Å². The van der Waals surface area contributed by atoms with E-state index in [1.54, 1.807) is 26.0 Å². The SMILES string of the molecule is CC(C)CS(=O)(=O)CC(=O)Nc1cc(Cl)ccc1N. The van der Waals surface area contributed by atoms with Crippen molar-refractivity contribution in [3.8, 4) is 0 Å². The molecular weight excluding hydrogens is 288 g/mol. The van der Waals surface area contributed by atoms with Crippen LogP contribution in [0.3, 0.4) is 0 Å². The molecule has 0 saturated heterocycles. The topological polar surface area (TPSA) is 89.3 Å². The maximum Gasteiger partial charge on any atom is 0.239 e. The van der Waals surface area contributed by atoms with E-state index in [2.05, 4.69) is 5.32 Å². The standard InChI is InChI=1S/C12H17ClN2O3S/c1-8(2)6-19(17,18)7-12(16)15-11-5-9(13)3-4-10(11)14/h3-5,8H,6-7,14H2,1-2H3,(H,15,16). The van der Waals surface area contributed by atoms with Gasteiger partial charge in [-0.25, -0.2) is 8.42 Å². The Kier molecular flexibility index (Phi) is 5.20. The number of hydrogen-bond donors (Lipinski definition) is 2. The third-order valence-corrected chi connectivity index (χ3v) is 4.34. The van der Waals surface area contributed by atoms with Crippen LogP contribution in [-0.2, 0) is 14.6 Å². The van der Waals surface area contributed by atoms with Gasteiger partial charge in [-0.15, -0.1) is 0 Å². The zero-order valence-corrected chi connectivity index (χ0v) is 12.4. The number of nitrogens with one attached hydrogen (secondary N) is 1. The van der Waals surface area contributed by atoms with Crippen LogP contribution in [0.4, 0.5) is 11.4 Å². The summed E-state index contributed by atoms with van der Waals surface area (Å²) in [7, 11) is -3.41. The van der Waals surface area contributed by atoms with Gasteiger partial charge in [-0.3, -0.25) is 4.79 Å². The monoisotopic (exact) mass is 304 g/mol. The number of nitrogen functional groups attached to an aromatic ring is 1. The van der Waals surface area contributed by atoms with Gasteiger partial charge in [0.15, 0.2) is 9.84 Å². The Hall–Kier alpha value is -1.27. The van der Waals surface area contributed by atoms with Gasteiger partial charge < -0.3 is 11.1 Å². The highest BCUT2D eigenvalue weighted by Gasteiger charge is 2.18. The number of benzene rings is 1. The molecule has 7 heteroatoms. The van der Waals surface area contributed by atoms with Crippen LogP contribution in [-0.4, -0.2) is 25.8 Å². The van der Waals surface area contributed by atoms with Gasteiger partial charge in [0, 0.05) is 5.02 Å². The van der Waals surface area contributed by atoms with E-state index in [0.717, 1.165) is 0 Å². The minimum Gasteiger partial charge on any atom is -0.397 e. The molecule has 0 fully saturated rings. The van der Waals surface area contributed by atoms with Gasteiger partial charge in [0.25, 0.3) is 0 Å². The van der Waals surface area contributed by atoms with Crippen LogP contribution < -0.4 is 11.1 Å². The minimum atomic E-state index is -3.41. The largest absolute Gasteiger partial charge is 0.397 e. The summed E-state index contributed by atoms with van der Waals surface area (Å²) in [5.74, 6) is -1.22. The van der Waals surface area contributed by atoms with Crippen LogP contribution in [0.2, 0.25) is 5.02 Å². The van der Waals surface area contributed by atoms with E-state index in [1.165, 1.54) is 6.07 Å². The van der Waals surface area contributed by atoms with Gasteiger partial charge in [-0.05, 0) is 24.1 Å². The molecule has 1 aromatic carbocycles. The molecule has 0 aromatic heterocycles. The van der Waals surface area contributed by atoms with Gasteiger partial charge in [0.05, 0.1) is 17.1 Å². The summed E-state index contributed by atoms with van der Waals surface area (Å²) in [6.45, 7) is 3.56. The van der Waals surface area contributed by atoms with Crippen LogP contribution >= 0.6 is 11.6 Å². The summed E-state index contributed by atoms with van der Waals surface area (Å²) < 4.78 is 23.4. The Labute approximate surface area is 118 Å². The van der Waals surface area contributed by atoms with E-state index >= 15 is 0 Å². The molecule has 1 amide bonds. The zero-order valence-electron chi connectivity index (χ0n) is 10.8. The highest BCUT2D eigenvalue weighted by atomic mass is 35.5. The van der Waals surface area contributed by atoms with Crippen molar-refractivity contribution >= 4 is 38.7 Å². The first-order valence-corrected chi connectivity index (χ1v) is 7.95. The van der Waals surface area contributed by atoms with Crippen molar-refractivity contribution in [3.63, 3.8) is 0 Å². The fourth-order valence-corrected chi connectivity index (χ4v) is 3.37. The molecule has 3 N–H and O–H groups in total. The number of amides is 1. The van der Waals surface area contributed by atoms with Crippen molar-refractivity contribution in [1.29, 1.82) is 0 Å². The molecular formula is C12H17ClN2O3S. The van der Waals surface area contributed by atoms with Crippen molar-refractivity contribution in [2.45, 2.75) is 13.8 Å². The Morgan fingerprint density at radius 3 is 2.63 bits per heavy atom. The van der Waals surface area contributed by atoms with E-state index in [-0.39, 0.29) is 11.7 Å². The molecule has 0 aliphatic carbocycles. The lowest BCUT2D eigenvalue weighted by Crippen LogP contribution is -2.26. The number of carbonyl (C=O) groups excluding carboxylic acids is 1. The average molecular weight is 305 g/mol. The predicted molar refractivity (Wildman–Crippen MR) is 78.0 cm³/mol. The molecule has 1 aromatic rings. The second-order valence-electron chi connectivity index (χ2n) is 4.73. The highest BCUT2D eigenvalue weighted by Crippen LogP contribution is 2.22. The van der Waals surface area contributed by atoms with Crippen molar-refractivity contribution in [1.82, 2.24) is 0 Å². The Morgan fingerprint density at radius 2 is 2.05 bits per heavy atom. The number of sulfone groups is 1. The van der Waals surface area contributed by atoms with Gasteiger partial charge in [-0.2, -0.15) is 0 Å². The zero-order chi connectivity index (χ0) is 14.6. The molecule has 0 aliphatic rings. The van der Waals surface area contributed by atoms with E-state index < -0.39 is 21.5 Å². The normalized spacial score (nSPS) is 11.6. The molecule has 0 radical (unpaired) electrons. The number of carbonyl (C=O) groups is 1. The molecule has 1 rings (SSSR count). The maximum atomic E-state index is 11.7. The summed E-state index contributed by atoms with van der Waals surface area (Å²) in [4.78, 5) is 11.7. The van der Waals surface area contributed by atoms with Crippen LogP contribution in [0.5, 0.6) is 0 Å². The molecule has 106 valence electrons. The Bertz CT molecular complexity index is 570. The molecule has 0 heterocycles. The third kappa shape index (κ3) is 5.48. The van der Waals surface area contributed by atoms with Crippen LogP contribution in [0.1, 0.15) is 13.8 Å². The first-order chi connectivity index (χ1) is 8.69. The Balaban J connectivity index is 2.73. The van der Waals surface area contributed by atoms with Crippen LogP contribution in [0, 0.1) is 5.92 Å². The summed E-state index contributed by atoms with van der Waals surface area (Å²) >= 11 is 5.78. The number of halogens is 1. The van der Waals surface area contributed by atoms with Crippen LogP contribution in [0.25, 0.3) is 0 Å². The van der Waals surface area contributed by atoms with Gasteiger partial charge in [-0.1, -0.05) is 25.4 Å². The molecule has 0 spiro atoms. The van der Waals surface area contributed by atoms with E-state index in [4.69, 9.17) is 17.3 Å².